The van der Waals surface area contributed by atoms with Crippen LogP contribution in [0.3, 0.4) is 0 Å². The molecule has 0 spiro atoms. The molecule has 1 aliphatic rings. The lowest BCUT2D eigenvalue weighted by Gasteiger charge is -2.25. The molecule has 1 aliphatic carbocycles. The predicted octanol–water partition coefficient (Wildman–Crippen LogP) is 6.38. The Balaban J connectivity index is 2.24. The molecule has 0 aliphatic heterocycles. The van der Waals surface area contributed by atoms with Crippen LogP contribution in [0, 0.1) is 11.8 Å². The molecule has 2 atom stereocenters. The molecule has 0 saturated carbocycles. The number of unbranched alkanes of at least 4 members (excludes halogenated alkanes) is 10. The first-order chi connectivity index (χ1) is 13.7. The Kier molecular flexibility index (Phi) is 14.7. The van der Waals surface area contributed by atoms with Gasteiger partial charge in [-0.3, -0.25) is 9.59 Å². The molecule has 0 fully saturated rings. The van der Waals surface area contributed by atoms with Gasteiger partial charge in [0.05, 0.1) is 25.0 Å². The van der Waals surface area contributed by atoms with Crippen molar-refractivity contribution < 1.29 is 19.1 Å². The fourth-order valence-electron chi connectivity index (χ4n) is 3.66. The molecule has 0 aromatic heterocycles. The molecule has 0 N–H and O–H groups in total. The van der Waals surface area contributed by atoms with Crippen molar-refractivity contribution in [2.45, 2.75) is 104 Å². The second-order valence-corrected chi connectivity index (χ2v) is 8.03. The Morgan fingerprint density at radius 2 is 1.00 bits per heavy atom. The van der Waals surface area contributed by atoms with E-state index < -0.39 is 0 Å². The molecule has 0 aromatic carbocycles. The zero-order valence-corrected chi connectivity index (χ0v) is 18.3. The standard InChI is InChI=1S/C24H42O4/c1-3-5-7-9-11-15-19-27-23(25)21-17-13-14-18-22(21)24(26)28-20-16-12-10-8-6-4-2/h13-14,21-22H,3-12,15-20H2,1-2H3/t21-,22-/m0/s1. The third-order valence-corrected chi connectivity index (χ3v) is 5.52. The van der Waals surface area contributed by atoms with E-state index in [1.54, 1.807) is 0 Å². The van der Waals surface area contributed by atoms with Crippen LogP contribution in [0.2, 0.25) is 0 Å². The van der Waals surface area contributed by atoms with Crippen molar-refractivity contribution in [3.05, 3.63) is 12.2 Å². The van der Waals surface area contributed by atoms with Gasteiger partial charge in [0, 0.05) is 0 Å². The highest BCUT2D eigenvalue weighted by Crippen LogP contribution is 2.28. The molecular weight excluding hydrogens is 352 g/mol. The van der Waals surface area contributed by atoms with Crippen LogP contribution in [0.5, 0.6) is 0 Å². The smallest absolute Gasteiger partial charge is 0.310 e. The van der Waals surface area contributed by atoms with Gasteiger partial charge in [0.2, 0.25) is 0 Å². The van der Waals surface area contributed by atoms with Crippen molar-refractivity contribution >= 4 is 11.9 Å². The summed E-state index contributed by atoms with van der Waals surface area (Å²) in [6.45, 7) is 5.33. The molecule has 0 bridgehead atoms. The minimum atomic E-state index is -0.387. The molecule has 0 aromatic rings. The number of hydrogen-bond donors (Lipinski definition) is 0. The Hall–Kier alpha value is -1.32. The van der Waals surface area contributed by atoms with Crippen LogP contribution in [-0.2, 0) is 19.1 Å². The summed E-state index contributed by atoms with van der Waals surface area (Å²) in [4.78, 5) is 24.9. The summed E-state index contributed by atoms with van der Waals surface area (Å²) in [7, 11) is 0. The monoisotopic (exact) mass is 394 g/mol. The van der Waals surface area contributed by atoms with Crippen LogP contribution in [0.15, 0.2) is 12.2 Å². The van der Waals surface area contributed by atoms with Crippen LogP contribution >= 0.6 is 0 Å². The lowest BCUT2D eigenvalue weighted by molar-refractivity contribution is -0.161. The van der Waals surface area contributed by atoms with Crippen molar-refractivity contribution in [2.24, 2.45) is 11.8 Å². The number of carbonyl (C=O) groups is 2. The molecule has 162 valence electrons. The first kappa shape index (κ1) is 24.7. The third kappa shape index (κ3) is 10.9. The average Bonchev–Trinajstić information content (AvgIpc) is 2.72. The fourth-order valence-corrected chi connectivity index (χ4v) is 3.66. The van der Waals surface area contributed by atoms with Gasteiger partial charge in [0.25, 0.3) is 0 Å². The van der Waals surface area contributed by atoms with E-state index in [1.165, 1.54) is 51.4 Å². The van der Waals surface area contributed by atoms with E-state index in [9.17, 15) is 9.59 Å². The summed E-state index contributed by atoms with van der Waals surface area (Å²) in [5, 5.41) is 0. The summed E-state index contributed by atoms with van der Waals surface area (Å²) in [6, 6.07) is 0. The zero-order valence-electron chi connectivity index (χ0n) is 18.3. The van der Waals surface area contributed by atoms with E-state index in [2.05, 4.69) is 13.8 Å². The minimum Gasteiger partial charge on any atom is -0.465 e. The Labute approximate surface area is 172 Å². The number of ether oxygens (including phenoxy) is 2. The predicted molar refractivity (Wildman–Crippen MR) is 114 cm³/mol. The van der Waals surface area contributed by atoms with E-state index in [1.807, 2.05) is 12.2 Å². The van der Waals surface area contributed by atoms with Crippen LogP contribution < -0.4 is 0 Å². The van der Waals surface area contributed by atoms with Crippen molar-refractivity contribution in [3.8, 4) is 0 Å². The Morgan fingerprint density at radius 3 is 1.39 bits per heavy atom. The molecule has 0 unspecified atom stereocenters. The topological polar surface area (TPSA) is 52.6 Å². The summed E-state index contributed by atoms with van der Waals surface area (Å²) >= 11 is 0. The number of hydrogen-bond acceptors (Lipinski definition) is 4. The number of esters is 2. The van der Waals surface area contributed by atoms with Gasteiger partial charge in [-0.15, -0.1) is 0 Å². The van der Waals surface area contributed by atoms with E-state index in [0.29, 0.717) is 26.1 Å². The van der Waals surface area contributed by atoms with Gasteiger partial charge in [-0.2, -0.15) is 0 Å². The van der Waals surface area contributed by atoms with E-state index in [4.69, 9.17) is 9.47 Å². The maximum Gasteiger partial charge on any atom is 0.310 e. The van der Waals surface area contributed by atoms with Crippen LogP contribution in [0.1, 0.15) is 104 Å². The number of rotatable bonds is 16. The van der Waals surface area contributed by atoms with Crippen LogP contribution in [0.4, 0.5) is 0 Å². The quantitative estimate of drug-likeness (QED) is 0.173. The molecule has 0 saturated heterocycles. The molecule has 4 nitrogen and oxygen atoms in total. The molecule has 0 amide bonds. The highest BCUT2D eigenvalue weighted by Gasteiger charge is 2.36. The molecule has 28 heavy (non-hydrogen) atoms. The van der Waals surface area contributed by atoms with Crippen LogP contribution in [0.25, 0.3) is 0 Å². The van der Waals surface area contributed by atoms with E-state index in [-0.39, 0.29) is 23.8 Å². The normalized spacial score (nSPS) is 18.8. The first-order valence-corrected chi connectivity index (χ1v) is 11.7. The van der Waals surface area contributed by atoms with Crippen molar-refractivity contribution in [1.29, 1.82) is 0 Å². The van der Waals surface area contributed by atoms with Gasteiger partial charge in [-0.05, 0) is 25.7 Å². The largest absolute Gasteiger partial charge is 0.465 e. The second-order valence-electron chi connectivity index (χ2n) is 8.03. The van der Waals surface area contributed by atoms with E-state index >= 15 is 0 Å². The zero-order chi connectivity index (χ0) is 20.5. The van der Waals surface area contributed by atoms with Gasteiger partial charge in [0.15, 0.2) is 0 Å². The summed E-state index contributed by atoms with van der Waals surface area (Å²) in [6.07, 6.45) is 19.1. The lowest BCUT2D eigenvalue weighted by atomic mass is 9.83. The molecule has 1 rings (SSSR count). The van der Waals surface area contributed by atoms with Crippen molar-refractivity contribution in [3.63, 3.8) is 0 Å². The maximum atomic E-state index is 12.5. The fraction of sp³-hybridized carbons (Fsp3) is 0.833. The van der Waals surface area contributed by atoms with Gasteiger partial charge in [0.1, 0.15) is 0 Å². The Morgan fingerprint density at radius 1 is 0.643 bits per heavy atom. The number of carbonyl (C=O) groups excluding carboxylic acids is 2. The third-order valence-electron chi connectivity index (χ3n) is 5.52. The molecular formula is C24H42O4. The summed E-state index contributed by atoms with van der Waals surface area (Å²) in [5.74, 6) is -1.25. The van der Waals surface area contributed by atoms with Gasteiger partial charge < -0.3 is 9.47 Å². The second kappa shape index (κ2) is 16.6. The summed E-state index contributed by atoms with van der Waals surface area (Å²) < 4.78 is 10.9. The van der Waals surface area contributed by atoms with Crippen molar-refractivity contribution in [1.82, 2.24) is 0 Å². The van der Waals surface area contributed by atoms with Crippen molar-refractivity contribution in [2.75, 3.05) is 13.2 Å². The van der Waals surface area contributed by atoms with Gasteiger partial charge in [-0.1, -0.05) is 90.2 Å². The molecule has 0 radical (unpaired) electrons. The summed E-state index contributed by atoms with van der Waals surface area (Å²) in [5.41, 5.74) is 0. The molecule has 0 heterocycles. The SMILES string of the molecule is CCCCCCCCOC(=O)[C@H]1CC=CC[C@@H]1C(=O)OCCCCCCCC. The van der Waals surface area contributed by atoms with E-state index in [0.717, 1.165) is 25.7 Å². The lowest BCUT2D eigenvalue weighted by Crippen LogP contribution is -2.34. The highest BCUT2D eigenvalue weighted by molar-refractivity contribution is 5.82. The van der Waals surface area contributed by atoms with Gasteiger partial charge in [-0.25, -0.2) is 0 Å². The Bertz CT molecular complexity index is 404. The maximum absolute atomic E-state index is 12.5. The number of allylic oxidation sites excluding steroid dienone is 2. The first-order valence-electron chi connectivity index (χ1n) is 11.7. The van der Waals surface area contributed by atoms with Crippen LogP contribution in [-0.4, -0.2) is 25.2 Å². The molecule has 4 heteroatoms. The highest BCUT2D eigenvalue weighted by atomic mass is 16.5. The minimum absolute atomic E-state index is 0.237. The van der Waals surface area contributed by atoms with Gasteiger partial charge >= 0.3 is 11.9 Å². The average molecular weight is 395 g/mol.